The van der Waals surface area contributed by atoms with E-state index in [1.165, 1.54) is 19.1 Å². The maximum absolute atomic E-state index is 13.0. The van der Waals surface area contributed by atoms with Crippen molar-refractivity contribution in [1.29, 1.82) is 0 Å². The van der Waals surface area contributed by atoms with E-state index in [1.807, 2.05) is 0 Å². The standard InChI is InChI=1S/C8H8FNO2.C2H4/c1-5-3-4-7(10(11)12)6(2)8(5)9;1-2/h3-4H,1-2H3;1-2H2. The molecule has 3 nitrogen and oxygen atoms in total. The first-order valence-corrected chi connectivity index (χ1v) is 3.94. The number of hydrogen-bond acceptors (Lipinski definition) is 2. The summed E-state index contributed by atoms with van der Waals surface area (Å²) in [6, 6.07) is 2.72. The lowest BCUT2D eigenvalue weighted by Gasteiger charge is -2.00. The molecule has 4 heteroatoms. The fourth-order valence-electron chi connectivity index (χ4n) is 1.01. The van der Waals surface area contributed by atoms with Crippen molar-refractivity contribution in [2.24, 2.45) is 0 Å². The molecule has 0 aromatic heterocycles. The second-order valence-corrected chi connectivity index (χ2v) is 2.60. The molecule has 14 heavy (non-hydrogen) atoms. The molecule has 0 aliphatic carbocycles. The van der Waals surface area contributed by atoms with E-state index in [4.69, 9.17) is 0 Å². The third kappa shape index (κ3) is 2.39. The number of hydrogen-bond donors (Lipinski definition) is 0. The molecular formula is C10H12FNO2. The fraction of sp³-hybridized carbons (Fsp3) is 0.200. The van der Waals surface area contributed by atoms with Gasteiger partial charge in [0.1, 0.15) is 5.82 Å². The largest absolute Gasteiger partial charge is 0.275 e. The van der Waals surface area contributed by atoms with E-state index in [9.17, 15) is 14.5 Å². The van der Waals surface area contributed by atoms with Crippen LogP contribution in [0.15, 0.2) is 25.3 Å². The van der Waals surface area contributed by atoms with Crippen LogP contribution in [0.5, 0.6) is 0 Å². The number of benzene rings is 1. The Morgan fingerprint density at radius 1 is 1.36 bits per heavy atom. The molecule has 0 unspecified atom stereocenters. The van der Waals surface area contributed by atoms with Crippen molar-refractivity contribution in [3.05, 3.63) is 52.3 Å². The zero-order valence-electron chi connectivity index (χ0n) is 8.21. The molecule has 0 saturated carbocycles. The second kappa shape index (κ2) is 5.11. The monoisotopic (exact) mass is 197 g/mol. The lowest BCUT2D eigenvalue weighted by Crippen LogP contribution is -1.95. The predicted molar refractivity (Wildman–Crippen MR) is 53.8 cm³/mol. The molecule has 0 fully saturated rings. The van der Waals surface area contributed by atoms with Gasteiger partial charge >= 0.3 is 0 Å². The topological polar surface area (TPSA) is 43.1 Å². The highest BCUT2D eigenvalue weighted by atomic mass is 19.1. The molecule has 0 bridgehead atoms. The van der Waals surface area contributed by atoms with Gasteiger partial charge in [0.05, 0.1) is 10.5 Å². The van der Waals surface area contributed by atoms with Gasteiger partial charge in [-0.15, -0.1) is 13.2 Å². The summed E-state index contributed by atoms with van der Waals surface area (Å²) in [5.41, 5.74) is 0.358. The number of nitrogens with zero attached hydrogens (tertiary/aromatic N) is 1. The smallest absolute Gasteiger partial charge is 0.258 e. The van der Waals surface area contributed by atoms with E-state index < -0.39 is 10.7 Å². The first kappa shape index (κ1) is 12.3. The van der Waals surface area contributed by atoms with Crippen LogP contribution in [0, 0.1) is 29.8 Å². The Morgan fingerprint density at radius 3 is 2.29 bits per heavy atom. The van der Waals surface area contributed by atoms with Crippen molar-refractivity contribution >= 4 is 5.69 Å². The van der Waals surface area contributed by atoms with Gasteiger partial charge in [-0.1, -0.05) is 0 Å². The zero-order chi connectivity index (χ0) is 11.3. The minimum absolute atomic E-state index is 0.0972. The number of nitro groups is 1. The molecule has 1 aromatic rings. The summed E-state index contributed by atoms with van der Waals surface area (Å²) in [7, 11) is 0. The van der Waals surface area contributed by atoms with Gasteiger partial charge in [-0.25, -0.2) is 4.39 Å². The predicted octanol–water partition coefficient (Wildman–Crippen LogP) is 3.15. The molecule has 0 aliphatic rings. The Kier molecular flexibility index (Phi) is 4.49. The van der Waals surface area contributed by atoms with E-state index >= 15 is 0 Å². The van der Waals surface area contributed by atoms with Crippen LogP contribution in [-0.4, -0.2) is 4.92 Å². The van der Waals surface area contributed by atoms with Gasteiger partial charge in [0.2, 0.25) is 0 Å². The lowest BCUT2D eigenvalue weighted by molar-refractivity contribution is -0.385. The third-order valence-corrected chi connectivity index (χ3v) is 1.75. The molecule has 0 spiro atoms. The summed E-state index contributed by atoms with van der Waals surface area (Å²) in [4.78, 5) is 9.74. The Hall–Kier alpha value is -1.71. The second-order valence-electron chi connectivity index (χ2n) is 2.60. The first-order chi connectivity index (χ1) is 6.54. The molecule has 0 N–H and O–H groups in total. The highest BCUT2D eigenvalue weighted by Gasteiger charge is 2.14. The zero-order valence-corrected chi connectivity index (χ0v) is 8.21. The summed E-state index contributed by atoms with van der Waals surface area (Å²) in [6.07, 6.45) is 0. The molecule has 0 heterocycles. The van der Waals surface area contributed by atoms with Crippen LogP contribution in [0.2, 0.25) is 0 Å². The molecular weight excluding hydrogens is 185 g/mol. The summed E-state index contributed by atoms with van der Waals surface area (Å²) < 4.78 is 13.0. The minimum Gasteiger partial charge on any atom is -0.258 e. The summed E-state index contributed by atoms with van der Waals surface area (Å²) in [6.45, 7) is 8.98. The third-order valence-electron chi connectivity index (χ3n) is 1.75. The number of halogens is 1. The van der Waals surface area contributed by atoms with Gasteiger partial charge < -0.3 is 0 Å². The van der Waals surface area contributed by atoms with E-state index in [-0.39, 0.29) is 11.3 Å². The fourth-order valence-corrected chi connectivity index (χ4v) is 1.01. The van der Waals surface area contributed by atoms with Gasteiger partial charge in [0.15, 0.2) is 0 Å². The molecule has 0 saturated heterocycles. The molecule has 0 atom stereocenters. The lowest BCUT2D eigenvalue weighted by atomic mass is 10.1. The van der Waals surface area contributed by atoms with Crippen LogP contribution in [0.3, 0.4) is 0 Å². The van der Waals surface area contributed by atoms with Gasteiger partial charge in [-0.2, -0.15) is 0 Å². The van der Waals surface area contributed by atoms with Crippen LogP contribution in [0.4, 0.5) is 10.1 Å². The molecule has 1 rings (SSSR count). The maximum Gasteiger partial charge on any atom is 0.275 e. The SMILES string of the molecule is C=C.Cc1ccc([N+](=O)[O-])c(C)c1F. The van der Waals surface area contributed by atoms with Crippen LogP contribution in [-0.2, 0) is 0 Å². The van der Waals surface area contributed by atoms with Crippen LogP contribution in [0.1, 0.15) is 11.1 Å². The van der Waals surface area contributed by atoms with Crippen molar-refractivity contribution < 1.29 is 9.31 Å². The Labute approximate surface area is 82.0 Å². The van der Waals surface area contributed by atoms with Crippen molar-refractivity contribution in [2.45, 2.75) is 13.8 Å². The average molecular weight is 197 g/mol. The summed E-state index contributed by atoms with van der Waals surface area (Å²) in [5.74, 6) is -0.496. The van der Waals surface area contributed by atoms with Gasteiger partial charge in [0.25, 0.3) is 5.69 Å². The van der Waals surface area contributed by atoms with Crippen molar-refractivity contribution in [3.8, 4) is 0 Å². The summed E-state index contributed by atoms with van der Waals surface area (Å²) >= 11 is 0. The first-order valence-electron chi connectivity index (χ1n) is 3.94. The maximum atomic E-state index is 13.0. The van der Waals surface area contributed by atoms with Crippen LogP contribution >= 0.6 is 0 Å². The van der Waals surface area contributed by atoms with E-state index in [0.717, 1.165) is 0 Å². The quantitative estimate of drug-likeness (QED) is 0.394. The Balaban J connectivity index is 0.000000791. The number of nitro benzene ring substituents is 1. The molecule has 0 amide bonds. The van der Waals surface area contributed by atoms with Crippen LogP contribution in [0.25, 0.3) is 0 Å². The normalized spacial score (nSPS) is 8.79. The van der Waals surface area contributed by atoms with E-state index in [2.05, 4.69) is 13.2 Å². The Bertz CT molecular complexity index is 350. The Morgan fingerprint density at radius 2 is 1.86 bits per heavy atom. The van der Waals surface area contributed by atoms with E-state index in [0.29, 0.717) is 5.56 Å². The van der Waals surface area contributed by atoms with E-state index in [1.54, 1.807) is 6.92 Å². The average Bonchev–Trinajstić information content (AvgIpc) is 2.17. The van der Waals surface area contributed by atoms with Crippen molar-refractivity contribution in [3.63, 3.8) is 0 Å². The minimum atomic E-state index is -0.585. The van der Waals surface area contributed by atoms with Crippen molar-refractivity contribution in [2.75, 3.05) is 0 Å². The number of rotatable bonds is 1. The highest BCUT2D eigenvalue weighted by Crippen LogP contribution is 2.22. The summed E-state index contributed by atoms with van der Waals surface area (Å²) in [5, 5.41) is 10.3. The molecule has 0 aliphatic heterocycles. The van der Waals surface area contributed by atoms with Gasteiger partial charge in [0, 0.05) is 6.07 Å². The molecule has 0 radical (unpaired) electrons. The van der Waals surface area contributed by atoms with Gasteiger partial charge in [-0.3, -0.25) is 10.1 Å². The van der Waals surface area contributed by atoms with Crippen molar-refractivity contribution in [1.82, 2.24) is 0 Å². The van der Waals surface area contributed by atoms with Gasteiger partial charge in [-0.05, 0) is 25.5 Å². The molecule has 1 aromatic carbocycles. The van der Waals surface area contributed by atoms with Crippen LogP contribution < -0.4 is 0 Å². The number of aryl methyl sites for hydroxylation is 1. The highest BCUT2D eigenvalue weighted by molar-refractivity contribution is 5.42. The molecule has 76 valence electrons.